The molecular formula is C22H27Br. The molecule has 13 aliphatic rings. The first-order valence-corrected chi connectivity index (χ1v) is 11.6. The molecule has 0 N–H and O–H groups in total. The minimum Gasteiger partial charge on any atom is -0.0853 e. The zero-order chi connectivity index (χ0) is 14.6. The van der Waals surface area contributed by atoms with Crippen molar-refractivity contribution < 1.29 is 0 Å². The van der Waals surface area contributed by atoms with Gasteiger partial charge in [0, 0.05) is 4.32 Å². The predicted octanol–water partition coefficient (Wildman–Crippen LogP) is 5.26. The molecule has 13 fully saturated rings. The Morgan fingerprint density at radius 2 is 1.13 bits per heavy atom. The highest BCUT2D eigenvalue weighted by molar-refractivity contribution is 9.10. The normalized spacial score (nSPS) is 85.2. The predicted molar refractivity (Wildman–Crippen MR) is 91.9 cm³/mol. The fourth-order valence-electron chi connectivity index (χ4n) is 14.2. The molecule has 13 saturated carbocycles. The molecule has 13 aliphatic carbocycles. The van der Waals surface area contributed by atoms with E-state index in [0.29, 0.717) is 4.32 Å². The maximum atomic E-state index is 4.42. The topological polar surface area (TPSA) is 0 Å². The van der Waals surface area contributed by atoms with Gasteiger partial charge in [0.25, 0.3) is 0 Å². The van der Waals surface area contributed by atoms with Crippen molar-refractivity contribution in [1.82, 2.24) is 0 Å². The van der Waals surface area contributed by atoms with Gasteiger partial charge in [0.2, 0.25) is 0 Å². The van der Waals surface area contributed by atoms with Gasteiger partial charge in [-0.2, -0.15) is 0 Å². The van der Waals surface area contributed by atoms with Gasteiger partial charge in [-0.15, -0.1) is 0 Å². The second-order valence-corrected chi connectivity index (χ2v) is 14.1. The minimum absolute atomic E-state index is 0.588. The Balaban J connectivity index is 1.47. The fraction of sp³-hybridized carbons (Fsp3) is 1.00. The molecule has 3 spiro atoms. The van der Waals surface area contributed by atoms with E-state index in [1.165, 1.54) is 35.5 Å². The lowest BCUT2D eigenvalue weighted by Crippen LogP contribution is -2.89. The van der Waals surface area contributed by atoms with Crippen LogP contribution in [0.4, 0.5) is 0 Å². The zero-order valence-corrected chi connectivity index (χ0v) is 15.5. The molecule has 13 rings (SSSR count). The molecule has 8 atom stereocenters. The molecule has 23 heavy (non-hydrogen) atoms. The summed E-state index contributed by atoms with van der Waals surface area (Å²) >= 11 is 4.42. The Kier molecular flexibility index (Phi) is 1.48. The highest BCUT2D eigenvalue weighted by Gasteiger charge is 2.91. The van der Waals surface area contributed by atoms with E-state index < -0.39 is 0 Å². The van der Waals surface area contributed by atoms with Crippen LogP contribution in [0.5, 0.6) is 0 Å². The second-order valence-electron chi connectivity index (χ2n) is 12.4. The SMILES string of the molecule is BrC12CC3C4C5CC6CC78CC9CC(C57)C3C(C9)(C1)C8C4(C6)C2. The van der Waals surface area contributed by atoms with Gasteiger partial charge >= 0.3 is 0 Å². The van der Waals surface area contributed by atoms with E-state index in [2.05, 4.69) is 15.9 Å². The third-order valence-corrected chi connectivity index (χ3v) is 13.1. The van der Waals surface area contributed by atoms with E-state index in [4.69, 9.17) is 0 Å². The van der Waals surface area contributed by atoms with Gasteiger partial charge in [0.15, 0.2) is 0 Å². The van der Waals surface area contributed by atoms with Crippen LogP contribution in [-0.2, 0) is 0 Å². The highest BCUT2D eigenvalue weighted by atomic mass is 79.9. The summed E-state index contributed by atoms with van der Waals surface area (Å²) in [5.74, 6) is 10.7. The molecule has 0 radical (unpaired) electrons. The van der Waals surface area contributed by atoms with Gasteiger partial charge in [-0.25, -0.2) is 0 Å². The first-order chi connectivity index (χ1) is 11.1. The third kappa shape index (κ3) is 0.847. The van der Waals surface area contributed by atoms with Crippen molar-refractivity contribution in [2.24, 2.45) is 69.5 Å². The molecule has 13 bridgehead atoms. The lowest BCUT2D eigenvalue weighted by atomic mass is 9.11. The van der Waals surface area contributed by atoms with Gasteiger partial charge < -0.3 is 0 Å². The van der Waals surface area contributed by atoms with E-state index >= 15 is 0 Å². The van der Waals surface area contributed by atoms with Crippen molar-refractivity contribution in [3.8, 4) is 0 Å². The summed E-state index contributed by atoms with van der Waals surface area (Å²) in [4.78, 5) is 0. The van der Waals surface area contributed by atoms with Crippen molar-refractivity contribution in [1.29, 1.82) is 0 Å². The van der Waals surface area contributed by atoms with Crippen molar-refractivity contribution in [3.63, 3.8) is 0 Å². The number of hydrogen-bond donors (Lipinski definition) is 0. The molecule has 1 heteroatoms. The van der Waals surface area contributed by atoms with Crippen LogP contribution < -0.4 is 0 Å². The fourth-order valence-corrected chi connectivity index (χ4v) is 15.6. The Hall–Kier alpha value is 0.480. The molecule has 0 aromatic heterocycles. The molecule has 0 aromatic carbocycles. The van der Waals surface area contributed by atoms with E-state index in [0.717, 1.165) is 34.0 Å². The lowest BCUT2D eigenvalue weighted by molar-refractivity contribution is -0.454. The Morgan fingerprint density at radius 1 is 0.609 bits per heavy atom. The van der Waals surface area contributed by atoms with E-state index in [1.54, 1.807) is 57.8 Å². The number of rotatable bonds is 0. The summed E-state index contributed by atoms with van der Waals surface area (Å²) in [7, 11) is 0. The minimum atomic E-state index is 0.588. The smallest absolute Gasteiger partial charge is 0.0271 e. The summed E-state index contributed by atoms with van der Waals surface area (Å²) < 4.78 is 0.588. The van der Waals surface area contributed by atoms with Crippen molar-refractivity contribution >= 4 is 15.9 Å². The molecule has 0 aromatic rings. The van der Waals surface area contributed by atoms with Gasteiger partial charge in [-0.1, -0.05) is 15.9 Å². The molecule has 0 nitrogen and oxygen atoms in total. The molecule has 8 unspecified atom stereocenters. The summed E-state index contributed by atoms with van der Waals surface area (Å²) in [6.45, 7) is 0. The quantitative estimate of drug-likeness (QED) is 0.510. The lowest BCUT2D eigenvalue weighted by Gasteiger charge is -2.94. The number of alkyl halides is 1. The van der Waals surface area contributed by atoms with Crippen molar-refractivity contribution in [2.45, 2.75) is 62.1 Å². The summed E-state index contributed by atoms with van der Waals surface area (Å²) in [5, 5.41) is 0. The zero-order valence-electron chi connectivity index (χ0n) is 13.9. The van der Waals surface area contributed by atoms with E-state index in [1.807, 2.05) is 0 Å². The summed E-state index contributed by atoms with van der Waals surface area (Å²) in [6, 6.07) is 0. The number of halogens is 1. The molecule has 0 aliphatic heterocycles. The molecule has 0 amide bonds. The van der Waals surface area contributed by atoms with Crippen LogP contribution in [0.2, 0.25) is 0 Å². The Morgan fingerprint density at radius 3 is 1.74 bits per heavy atom. The Bertz CT molecular complexity index is 663. The van der Waals surface area contributed by atoms with Gasteiger partial charge in [0.05, 0.1) is 0 Å². The molecule has 0 saturated heterocycles. The van der Waals surface area contributed by atoms with Crippen LogP contribution >= 0.6 is 15.9 Å². The van der Waals surface area contributed by atoms with Gasteiger partial charge in [0.1, 0.15) is 0 Å². The van der Waals surface area contributed by atoms with Crippen LogP contribution in [0.1, 0.15) is 57.8 Å². The van der Waals surface area contributed by atoms with E-state index in [9.17, 15) is 0 Å². The van der Waals surface area contributed by atoms with Crippen LogP contribution in [0.15, 0.2) is 0 Å². The maximum absolute atomic E-state index is 4.42. The van der Waals surface area contributed by atoms with Crippen LogP contribution in [-0.4, -0.2) is 4.32 Å². The summed E-state index contributed by atoms with van der Waals surface area (Å²) in [6.07, 6.45) is 14.9. The third-order valence-electron chi connectivity index (χ3n) is 12.3. The highest BCUT2D eigenvalue weighted by Crippen LogP contribution is 2.96. The monoisotopic (exact) mass is 370 g/mol. The van der Waals surface area contributed by atoms with Crippen LogP contribution in [0.3, 0.4) is 0 Å². The van der Waals surface area contributed by atoms with E-state index in [-0.39, 0.29) is 0 Å². The van der Waals surface area contributed by atoms with Crippen LogP contribution in [0.25, 0.3) is 0 Å². The Labute approximate surface area is 147 Å². The summed E-state index contributed by atoms with van der Waals surface area (Å²) in [5.41, 5.74) is 2.58. The number of hydrogen-bond acceptors (Lipinski definition) is 0. The first kappa shape index (κ1) is 12.0. The van der Waals surface area contributed by atoms with Gasteiger partial charge in [-0.05, 0) is 127 Å². The maximum Gasteiger partial charge on any atom is 0.0271 e. The molecule has 122 valence electrons. The van der Waals surface area contributed by atoms with Gasteiger partial charge in [-0.3, -0.25) is 0 Å². The molecule has 0 heterocycles. The molecular weight excluding hydrogens is 344 g/mol. The van der Waals surface area contributed by atoms with Crippen LogP contribution in [0, 0.1) is 69.5 Å². The average molecular weight is 371 g/mol. The largest absolute Gasteiger partial charge is 0.0853 e. The standard InChI is InChI=1S/C22H27Br/c23-19-7-14-16-12-1-10-3-20-4-11-2-13(15(12)20)17(14)22(6-11,9-19)18(20)21(16,5-10)8-19/h10-18H,1-9H2. The first-order valence-electron chi connectivity index (χ1n) is 10.8. The average Bonchev–Trinajstić information content (AvgIpc) is 2.40. The van der Waals surface area contributed by atoms with Crippen molar-refractivity contribution in [2.75, 3.05) is 0 Å². The van der Waals surface area contributed by atoms with Crippen molar-refractivity contribution in [3.05, 3.63) is 0 Å². The second kappa shape index (κ2) is 2.84.